The van der Waals surface area contributed by atoms with Gasteiger partial charge in [-0.3, -0.25) is 9.10 Å². The Bertz CT molecular complexity index is 978. The summed E-state index contributed by atoms with van der Waals surface area (Å²) in [5, 5.41) is 3.11. The molecule has 9 heteroatoms. The van der Waals surface area contributed by atoms with Gasteiger partial charge in [-0.2, -0.15) is 0 Å². The van der Waals surface area contributed by atoms with Gasteiger partial charge in [0.2, 0.25) is 15.9 Å². The molecule has 0 aromatic heterocycles. The maximum absolute atomic E-state index is 12.8. The lowest BCUT2D eigenvalue weighted by molar-refractivity contribution is -0.116. The first-order chi connectivity index (χ1) is 13.1. The number of anilines is 2. The van der Waals surface area contributed by atoms with Crippen LogP contribution in [0, 0.1) is 6.92 Å². The smallest absolute Gasteiger partial charge is 0.248 e. The molecule has 1 N–H and O–H groups in total. The molecule has 2 aromatic carbocycles. The second-order valence-corrected chi connectivity index (χ2v) is 8.49. The maximum atomic E-state index is 12.8. The van der Waals surface area contributed by atoms with E-state index >= 15 is 0 Å². The summed E-state index contributed by atoms with van der Waals surface area (Å²) in [6.07, 6.45) is 1.04. The Morgan fingerprint density at radius 2 is 1.82 bits per heavy atom. The Morgan fingerprint density at radius 3 is 2.36 bits per heavy atom. The van der Waals surface area contributed by atoms with Gasteiger partial charge in [-0.25, -0.2) is 8.42 Å². The van der Waals surface area contributed by atoms with Gasteiger partial charge in [-0.1, -0.05) is 17.7 Å². The predicted octanol–water partition coefficient (Wildman–Crippen LogP) is 3.46. The molecule has 0 spiro atoms. The van der Waals surface area contributed by atoms with Crippen molar-refractivity contribution < 1.29 is 22.7 Å². The van der Waals surface area contributed by atoms with Crippen LogP contribution in [0.3, 0.4) is 0 Å². The van der Waals surface area contributed by atoms with Crippen LogP contribution in [0.15, 0.2) is 36.4 Å². The monoisotopic (exact) mass is 426 g/mol. The summed E-state index contributed by atoms with van der Waals surface area (Å²) in [6.45, 7) is 3.30. The minimum absolute atomic E-state index is 0.304. The van der Waals surface area contributed by atoms with Crippen LogP contribution in [0.1, 0.15) is 12.5 Å². The first-order valence-corrected chi connectivity index (χ1v) is 10.6. The number of carbonyl (C=O) groups excluding carboxylic acids is 1. The average Bonchev–Trinajstić information content (AvgIpc) is 2.63. The van der Waals surface area contributed by atoms with Crippen LogP contribution in [0.5, 0.6) is 11.5 Å². The molecule has 1 atom stereocenters. The number of nitrogens with zero attached hydrogens (tertiary/aromatic N) is 1. The topological polar surface area (TPSA) is 84.9 Å². The molecule has 0 unspecified atom stereocenters. The van der Waals surface area contributed by atoms with Crippen molar-refractivity contribution >= 4 is 38.9 Å². The third-order valence-corrected chi connectivity index (χ3v) is 5.81. The fourth-order valence-electron chi connectivity index (χ4n) is 2.68. The summed E-state index contributed by atoms with van der Waals surface area (Å²) in [7, 11) is -0.782. The molecule has 2 rings (SSSR count). The Morgan fingerprint density at radius 1 is 1.14 bits per heavy atom. The lowest BCUT2D eigenvalue weighted by atomic mass is 10.2. The summed E-state index contributed by atoms with van der Waals surface area (Å²) in [5.41, 5.74) is 1.48. The van der Waals surface area contributed by atoms with Gasteiger partial charge in [0.05, 0.1) is 31.9 Å². The number of aryl methyl sites for hydroxylation is 1. The highest BCUT2D eigenvalue weighted by Gasteiger charge is 2.30. The number of hydrogen-bond acceptors (Lipinski definition) is 5. The van der Waals surface area contributed by atoms with Gasteiger partial charge in [0.15, 0.2) is 0 Å². The van der Waals surface area contributed by atoms with Crippen molar-refractivity contribution in [2.24, 2.45) is 0 Å². The Balaban J connectivity index is 2.38. The summed E-state index contributed by atoms with van der Waals surface area (Å²) in [5.74, 6) is 0.411. The van der Waals surface area contributed by atoms with Crippen LogP contribution in [0.4, 0.5) is 11.4 Å². The molecule has 0 heterocycles. The van der Waals surface area contributed by atoms with E-state index in [4.69, 9.17) is 21.1 Å². The number of ether oxygens (including phenoxy) is 2. The third kappa shape index (κ3) is 4.88. The van der Waals surface area contributed by atoms with E-state index in [2.05, 4.69) is 5.32 Å². The average molecular weight is 427 g/mol. The zero-order valence-electron chi connectivity index (χ0n) is 16.3. The van der Waals surface area contributed by atoms with E-state index < -0.39 is 22.0 Å². The molecule has 0 bridgehead atoms. The summed E-state index contributed by atoms with van der Waals surface area (Å²) < 4.78 is 36.3. The molecule has 0 saturated heterocycles. The second-order valence-electron chi connectivity index (χ2n) is 6.22. The molecule has 0 aliphatic carbocycles. The van der Waals surface area contributed by atoms with Crippen LogP contribution in [0.2, 0.25) is 5.02 Å². The normalized spacial score (nSPS) is 12.2. The summed E-state index contributed by atoms with van der Waals surface area (Å²) >= 11 is 6.14. The van der Waals surface area contributed by atoms with E-state index in [1.807, 2.05) is 6.92 Å². The highest BCUT2D eigenvalue weighted by molar-refractivity contribution is 7.92. The van der Waals surface area contributed by atoms with Crippen LogP contribution in [0.25, 0.3) is 0 Å². The largest absolute Gasteiger partial charge is 0.497 e. The van der Waals surface area contributed by atoms with Crippen molar-refractivity contribution in [1.82, 2.24) is 0 Å². The molecule has 0 saturated carbocycles. The minimum atomic E-state index is -3.75. The molecular weight excluding hydrogens is 404 g/mol. The number of methoxy groups -OCH3 is 2. The molecule has 0 radical (unpaired) electrons. The number of nitrogens with one attached hydrogen (secondary N) is 1. The minimum Gasteiger partial charge on any atom is -0.497 e. The van der Waals surface area contributed by atoms with Gasteiger partial charge in [0.25, 0.3) is 0 Å². The number of sulfonamides is 1. The van der Waals surface area contributed by atoms with E-state index in [0.717, 1.165) is 16.1 Å². The third-order valence-electron chi connectivity index (χ3n) is 4.16. The van der Waals surface area contributed by atoms with E-state index in [1.54, 1.807) is 30.3 Å². The van der Waals surface area contributed by atoms with Gasteiger partial charge < -0.3 is 14.8 Å². The van der Waals surface area contributed by atoms with Crippen LogP contribution >= 0.6 is 11.6 Å². The lowest BCUT2D eigenvalue weighted by Gasteiger charge is -2.28. The van der Waals surface area contributed by atoms with E-state index in [-0.39, 0.29) is 0 Å². The highest BCUT2D eigenvalue weighted by atomic mass is 35.5. The standard InChI is InChI=1S/C19H23ClN2O5S/c1-12-6-7-14(10-16(12)20)22(28(5,24)25)13(2)19(23)21-17-11-15(26-3)8-9-18(17)27-4/h6-11,13H,1-5H3,(H,21,23)/t13-/m1/s1. The molecule has 0 aliphatic rings. The Kier molecular flexibility index (Phi) is 6.79. The van der Waals surface area contributed by atoms with Gasteiger partial charge in [-0.05, 0) is 43.7 Å². The summed E-state index contributed by atoms with van der Waals surface area (Å²) in [6, 6.07) is 8.72. The Hall–Kier alpha value is -2.45. The number of halogens is 1. The van der Waals surface area contributed by atoms with Crippen molar-refractivity contribution in [2.45, 2.75) is 19.9 Å². The zero-order chi connectivity index (χ0) is 21.1. The first kappa shape index (κ1) is 21.8. The fraction of sp³-hybridized carbons (Fsp3) is 0.316. The number of carbonyl (C=O) groups is 1. The van der Waals surface area contributed by atoms with E-state index in [1.165, 1.54) is 27.2 Å². The zero-order valence-corrected chi connectivity index (χ0v) is 17.9. The molecule has 7 nitrogen and oxygen atoms in total. The van der Waals surface area contributed by atoms with Gasteiger partial charge in [0, 0.05) is 11.1 Å². The first-order valence-electron chi connectivity index (χ1n) is 8.37. The molecule has 152 valence electrons. The van der Waals surface area contributed by atoms with Crippen molar-refractivity contribution in [1.29, 1.82) is 0 Å². The fourth-order valence-corrected chi connectivity index (χ4v) is 4.02. The molecule has 1 amide bonds. The van der Waals surface area contributed by atoms with Crippen LogP contribution in [-0.2, 0) is 14.8 Å². The number of rotatable bonds is 7. The number of benzene rings is 2. The molecule has 0 fully saturated rings. The van der Waals surface area contributed by atoms with Gasteiger partial charge >= 0.3 is 0 Å². The number of hydrogen-bond donors (Lipinski definition) is 1. The maximum Gasteiger partial charge on any atom is 0.248 e. The van der Waals surface area contributed by atoms with Gasteiger partial charge in [-0.15, -0.1) is 0 Å². The number of amides is 1. The predicted molar refractivity (Wildman–Crippen MR) is 111 cm³/mol. The molecule has 2 aromatic rings. The molecule has 28 heavy (non-hydrogen) atoms. The van der Waals surface area contributed by atoms with E-state index in [9.17, 15) is 13.2 Å². The van der Waals surface area contributed by atoms with Crippen molar-refractivity contribution in [3.05, 3.63) is 47.0 Å². The molecule has 0 aliphatic heterocycles. The SMILES string of the molecule is COc1ccc(OC)c(NC(=O)[C@@H](C)N(c2ccc(C)c(Cl)c2)S(C)(=O)=O)c1. The summed E-state index contributed by atoms with van der Waals surface area (Å²) in [4.78, 5) is 12.8. The highest BCUT2D eigenvalue weighted by Crippen LogP contribution is 2.30. The van der Waals surface area contributed by atoms with Crippen LogP contribution < -0.4 is 19.1 Å². The second kappa shape index (κ2) is 8.70. The van der Waals surface area contributed by atoms with Crippen molar-refractivity contribution in [3.8, 4) is 11.5 Å². The van der Waals surface area contributed by atoms with E-state index in [0.29, 0.717) is 27.9 Å². The Labute approximate surface area is 170 Å². The van der Waals surface area contributed by atoms with Crippen molar-refractivity contribution in [2.75, 3.05) is 30.1 Å². The van der Waals surface area contributed by atoms with Gasteiger partial charge in [0.1, 0.15) is 17.5 Å². The quantitative estimate of drug-likeness (QED) is 0.732. The van der Waals surface area contributed by atoms with Crippen molar-refractivity contribution in [3.63, 3.8) is 0 Å². The lowest BCUT2D eigenvalue weighted by Crippen LogP contribution is -2.45. The molecular formula is C19H23ClN2O5S. The van der Waals surface area contributed by atoms with Crippen LogP contribution in [-0.4, -0.2) is 40.8 Å².